The van der Waals surface area contributed by atoms with Crippen LogP contribution in [-0.4, -0.2) is 57.5 Å². The molecule has 2 amide bonds. The minimum Gasteiger partial charge on any atom is -0.330 e. The topological polar surface area (TPSA) is 86.3 Å². The van der Waals surface area contributed by atoms with Crippen molar-refractivity contribution in [1.29, 1.82) is 0 Å². The van der Waals surface area contributed by atoms with Gasteiger partial charge in [0.1, 0.15) is 0 Å². The maximum absolute atomic E-state index is 13.3. The molecule has 3 heterocycles. The monoisotopic (exact) mass is 445 g/mol. The molecule has 0 aliphatic carbocycles. The van der Waals surface area contributed by atoms with Crippen LogP contribution < -0.4 is 10.6 Å². The van der Waals surface area contributed by atoms with Crippen molar-refractivity contribution in [1.82, 2.24) is 30.1 Å². The summed E-state index contributed by atoms with van der Waals surface area (Å²) in [6, 6.07) is 13.8. The van der Waals surface area contributed by atoms with Crippen molar-refractivity contribution in [2.24, 2.45) is 0 Å². The second kappa shape index (κ2) is 9.95. The van der Waals surface area contributed by atoms with Crippen molar-refractivity contribution in [2.45, 2.75) is 38.9 Å². The van der Waals surface area contributed by atoms with E-state index in [1.54, 1.807) is 6.20 Å². The van der Waals surface area contributed by atoms with Crippen LogP contribution in [0.4, 0.5) is 16.4 Å². The van der Waals surface area contributed by atoms with Gasteiger partial charge in [0.15, 0.2) is 0 Å². The number of carbonyl (C=O) groups is 1. The van der Waals surface area contributed by atoms with Gasteiger partial charge in [0.2, 0.25) is 5.95 Å². The fourth-order valence-electron chi connectivity index (χ4n) is 4.10. The number of likely N-dealkylation sites (N-methyl/N-ethyl adjacent to an activating group) is 1. The van der Waals surface area contributed by atoms with Crippen LogP contribution in [0.15, 0.2) is 54.9 Å². The number of pyridine rings is 1. The Kier molecular flexibility index (Phi) is 6.84. The molecule has 0 unspecified atom stereocenters. The molecule has 4 rings (SSSR count). The van der Waals surface area contributed by atoms with Crippen LogP contribution in [0.3, 0.4) is 0 Å². The van der Waals surface area contributed by atoms with Crippen LogP contribution in [0.2, 0.25) is 0 Å². The summed E-state index contributed by atoms with van der Waals surface area (Å²) in [6.07, 6.45) is 4.34. The Morgan fingerprint density at radius 3 is 2.73 bits per heavy atom. The number of carbonyl (C=O) groups excluding carboxylic acids is 1. The molecule has 172 valence electrons. The van der Waals surface area contributed by atoms with E-state index >= 15 is 0 Å². The summed E-state index contributed by atoms with van der Waals surface area (Å²) in [7, 11) is 4.02. The van der Waals surface area contributed by atoms with Crippen molar-refractivity contribution in [3.63, 3.8) is 0 Å². The molecule has 8 nitrogen and oxygen atoms in total. The van der Waals surface area contributed by atoms with Gasteiger partial charge in [-0.2, -0.15) is 0 Å². The van der Waals surface area contributed by atoms with Crippen LogP contribution in [0.25, 0.3) is 0 Å². The van der Waals surface area contributed by atoms with Crippen molar-refractivity contribution in [3.8, 4) is 0 Å². The summed E-state index contributed by atoms with van der Waals surface area (Å²) in [5.41, 5.74) is 4.84. The zero-order valence-corrected chi connectivity index (χ0v) is 19.6. The smallest absolute Gasteiger partial charge is 0.318 e. The standard InChI is InChI=1S/C25H31N7O/c1-17-12-21(10-11-26-17)28-24-27-14-20-13-18(2)32(16-23(20)29-24)25(33)30-22(15-31(3)4)19-8-6-5-7-9-19/h5-12,14,18,22H,13,15-16H2,1-4H3,(H,30,33)(H,26,27,28,29)/t18-,22-/m1/s1. The number of benzene rings is 1. The first-order chi connectivity index (χ1) is 15.9. The highest BCUT2D eigenvalue weighted by Crippen LogP contribution is 2.24. The van der Waals surface area contributed by atoms with Gasteiger partial charge in [-0.05, 0) is 57.6 Å². The van der Waals surface area contributed by atoms with Gasteiger partial charge in [-0.1, -0.05) is 30.3 Å². The first kappa shape index (κ1) is 22.7. The average molecular weight is 446 g/mol. The fraction of sp³-hybridized carbons (Fsp3) is 0.360. The summed E-state index contributed by atoms with van der Waals surface area (Å²) in [4.78, 5) is 30.7. The molecule has 0 fully saturated rings. The van der Waals surface area contributed by atoms with E-state index in [2.05, 4.69) is 44.6 Å². The third-order valence-electron chi connectivity index (χ3n) is 5.78. The van der Waals surface area contributed by atoms with E-state index in [-0.39, 0.29) is 18.1 Å². The molecule has 8 heteroatoms. The van der Waals surface area contributed by atoms with E-state index in [1.165, 1.54) is 0 Å². The Balaban J connectivity index is 1.50. The van der Waals surface area contributed by atoms with E-state index in [1.807, 2.05) is 62.4 Å². The van der Waals surface area contributed by atoms with Crippen LogP contribution in [0.1, 0.15) is 35.5 Å². The van der Waals surface area contributed by atoms with E-state index in [9.17, 15) is 4.79 Å². The largest absolute Gasteiger partial charge is 0.330 e. The van der Waals surface area contributed by atoms with E-state index < -0.39 is 0 Å². The summed E-state index contributed by atoms with van der Waals surface area (Å²) < 4.78 is 0. The molecule has 0 spiro atoms. The van der Waals surface area contributed by atoms with Gasteiger partial charge in [-0.25, -0.2) is 14.8 Å². The third kappa shape index (κ3) is 5.64. The van der Waals surface area contributed by atoms with Gasteiger partial charge in [0.25, 0.3) is 0 Å². The molecule has 1 aliphatic rings. The number of rotatable bonds is 6. The van der Waals surface area contributed by atoms with Gasteiger partial charge >= 0.3 is 6.03 Å². The number of fused-ring (bicyclic) bond motifs is 1. The lowest BCUT2D eigenvalue weighted by Gasteiger charge is -2.35. The zero-order valence-electron chi connectivity index (χ0n) is 19.6. The van der Waals surface area contributed by atoms with Crippen molar-refractivity contribution >= 4 is 17.7 Å². The second-order valence-corrected chi connectivity index (χ2v) is 8.83. The highest BCUT2D eigenvalue weighted by Gasteiger charge is 2.30. The van der Waals surface area contributed by atoms with Crippen LogP contribution >= 0.6 is 0 Å². The first-order valence-electron chi connectivity index (χ1n) is 11.2. The number of hydrogen-bond donors (Lipinski definition) is 2. The average Bonchev–Trinajstić information content (AvgIpc) is 2.78. The molecule has 2 atom stereocenters. The van der Waals surface area contributed by atoms with E-state index in [0.717, 1.165) is 41.2 Å². The molecule has 2 N–H and O–H groups in total. The van der Waals surface area contributed by atoms with Gasteiger partial charge < -0.3 is 20.4 Å². The molecular weight excluding hydrogens is 414 g/mol. The van der Waals surface area contributed by atoms with Gasteiger partial charge in [0, 0.05) is 36.4 Å². The van der Waals surface area contributed by atoms with Crippen LogP contribution in [0.5, 0.6) is 0 Å². The molecule has 1 aromatic carbocycles. The Bertz CT molecular complexity index is 1100. The number of hydrogen-bond acceptors (Lipinski definition) is 6. The highest BCUT2D eigenvalue weighted by atomic mass is 16.2. The lowest BCUT2D eigenvalue weighted by atomic mass is 10.0. The quantitative estimate of drug-likeness (QED) is 0.602. The summed E-state index contributed by atoms with van der Waals surface area (Å²) >= 11 is 0. The summed E-state index contributed by atoms with van der Waals surface area (Å²) in [6.45, 7) is 5.17. The molecule has 0 radical (unpaired) electrons. The number of amides is 2. The van der Waals surface area contributed by atoms with Crippen LogP contribution in [0, 0.1) is 6.92 Å². The summed E-state index contributed by atoms with van der Waals surface area (Å²) in [5.74, 6) is 0.518. The van der Waals surface area contributed by atoms with Crippen molar-refractivity contribution < 1.29 is 4.79 Å². The molecule has 3 aromatic rings. The Hall–Kier alpha value is -3.52. The SMILES string of the molecule is Cc1cc(Nc2ncc3c(n2)CN(C(=O)N[C@H](CN(C)C)c2ccccc2)[C@H](C)C3)ccn1. The summed E-state index contributed by atoms with van der Waals surface area (Å²) in [5, 5.41) is 6.47. The van der Waals surface area contributed by atoms with E-state index in [4.69, 9.17) is 4.98 Å². The molecular formula is C25H31N7O. The normalized spacial score (nSPS) is 16.3. The first-order valence-corrected chi connectivity index (χ1v) is 11.2. The molecule has 2 aromatic heterocycles. The predicted molar refractivity (Wildman–Crippen MR) is 129 cm³/mol. The Labute approximate surface area is 195 Å². The lowest BCUT2D eigenvalue weighted by molar-refractivity contribution is 0.161. The molecule has 0 saturated carbocycles. The zero-order chi connectivity index (χ0) is 23.4. The maximum atomic E-state index is 13.3. The molecule has 1 aliphatic heterocycles. The van der Waals surface area contributed by atoms with Crippen molar-refractivity contribution in [3.05, 3.63) is 77.4 Å². The van der Waals surface area contributed by atoms with Crippen molar-refractivity contribution in [2.75, 3.05) is 26.0 Å². The third-order valence-corrected chi connectivity index (χ3v) is 5.78. The number of nitrogens with zero attached hydrogens (tertiary/aromatic N) is 5. The van der Waals surface area contributed by atoms with E-state index in [0.29, 0.717) is 12.5 Å². The Morgan fingerprint density at radius 1 is 1.21 bits per heavy atom. The highest BCUT2D eigenvalue weighted by molar-refractivity contribution is 5.75. The van der Waals surface area contributed by atoms with Crippen LogP contribution in [-0.2, 0) is 13.0 Å². The Morgan fingerprint density at radius 2 is 2.00 bits per heavy atom. The molecule has 0 saturated heterocycles. The molecule has 33 heavy (non-hydrogen) atoms. The maximum Gasteiger partial charge on any atom is 0.318 e. The van der Waals surface area contributed by atoms with Gasteiger partial charge in [-0.3, -0.25) is 4.98 Å². The number of urea groups is 1. The minimum atomic E-state index is -0.0974. The molecule has 0 bridgehead atoms. The lowest BCUT2D eigenvalue weighted by Crippen LogP contribution is -2.50. The number of anilines is 2. The number of aryl methyl sites for hydroxylation is 1. The minimum absolute atomic E-state index is 0.0542. The van der Waals surface area contributed by atoms with Gasteiger partial charge in [-0.15, -0.1) is 0 Å². The number of nitrogens with one attached hydrogen (secondary N) is 2. The number of aromatic nitrogens is 3. The predicted octanol–water partition coefficient (Wildman–Crippen LogP) is 3.68. The fourth-order valence-corrected chi connectivity index (χ4v) is 4.10. The second-order valence-electron chi connectivity index (χ2n) is 8.83. The van der Waals surface area contributed by atoms with Gasteiger partial charge in [0.05, 0.1) is 18.3 Å².